The van der Waals surface area contributed by atoms with E-state index in [-0.39, 0.29) is 5.91 Å². The molecule has 0 saturated heterocycles. The Morgan fingerprint density at radius 1 is 1.26 bits per heavy atom. The summed E-state index contributed by atoms with van der Waals surface area (Å²) < 4.78 is 5.60. The molecule has 1 amide bonds. The molecule has 1 heterocycles. The van der Waals surface area contributed by atoms with E-state index in [0.29, 0.717) is 11.5 Å². The van der Waals surface area contributed by atoms with Gasteiger partial charge >= 0.3 is 0 Å². The van der Waals surface area contributed by atoms with Gasteiger partial charge in [0.05, 0.1) is 11.5 Å². The molecular formula is C14H24N2O2S. The number of hydrazine groups is 1. The topological polar surface area (TPSA) is 64.3 Å². The first kappa shape index (κ1) is 16.1. The highest BCUT2D eigenvalue weighted by molar-refractivity contribution is 7.14. The summed E-state index contributed by atoms with van der Waals surface area (Å²) in [6.45, 7) is 3.60. The number of unbranched alkanes of at least 4 members (excludes halogenated alkanes) is 5. The first-order valence-corrected chi connectivity index (χ1v) is 7.77. The van der Waals surface area contributed by atoms with Crippen molar-refractivity contribution in [2.24, 2.45) is 5.84 Å². The summed E-state index contributed by atoms with van der Waals surface area (Å²) in [5.74, 6) is 4.84. The van der Waals surface area contributed by atoms with Crippen LogP contribution in [0.2, 0.25) is 0 Å². The Labute approximate surface area is 119 Å². The second-order valence-corrected chi connectivity index (χ2v) is 5.73. The SMILES string of the molecule is CCCCCCCCOCc1ccc(C(=O)NN)s1. The third kappa shape index (κ3) is 6.71. The lowest BCUT2D eigenvalue weighted by Crippen LogP contribution is -2.29. The van der Waals surface area contributed by atoms with Gasteiger partial charge in [-0.05, 0) is 18.6 Å². The molecule has 4 nitrogen and oxygen atoms in total. The molecule has 108 valence electrons. The number of carbonyl (C=O) groups is 1. The van der Waals surface area contributed by atoms with E-state index in [2.05, 4.69) is 12.3 Å². The van der Waals surface area contributed by atoms with E-state index in [9.17, 15) is 4.79 Å². The zero-order valence-corrected chi connectivity index (χ0v) is 12.4. The Balaban J connectivity index is 2.06. The van der Waals surface area contributed by atoms with Gasteiger partial charge < -0.3 is 4.74 Å². The van der Waals surface area contributed by atoms with Gasteiger partial charge in [-0.1, -0.05) is 39.0 Å². The summed E-state index contributed by atoms with van der Waals surface area (Å²) in [4.78, 5) is 12.9. The minimum absolute atomic E-state index is 0.243. The van der Waals surface area contributed by atoms with Gasteiger partial charge in [0.15, 0.2) is 0 Å². The van der Waals surface area contributed by atoms with E-state index in [1.807, 2.05) is 6.07 Å². The Hall–Kier alpha value is -0.910. The number of carbonyl (C=O) groups excluding carboxylic acids is 1. The van der Waals surface area contributed by atoms with Crippen LogP contribution in [0.25, 0.3) is 0 Å². The van der Waals surface area contributed by atoms with Crippen molar-refractivity contribution in [1.82, 2.24) is 5.43 Å². The minimum Gasteiger partial charge on any atom is -0.376 e. The largest absolute Gasteiger partial charge is 0.376 e. The molecule has 0 fully saturated rings. The standard InChI is InChI=1S/C14H24N2O2S/c1-2-3-4-5-6-7-10-18-11-12-8-9-13(19-12)14(17)16-15/h8-9H,2-7,10-11,15H2,1H3,(H,16,17). The molecule has 19 heavy (non-hydrogen) atoms. The van der Waals surface area contributed by atoms with Gasteiger partial charge in [0.1, 0.15) is 0 Å². The van der Waals surface area contributed by atoms with Crippen molar-refractivity contribution in [3.63, 3.8) is 0 Å². The molecule has 0 aliphatic carbocycles. The van der Waals surface area contributed by atoms with Crippen LogP contribution >= 0.6 is 11.3 Å². The Bertz CT molecular complexity index is 366. The van der Waals surface area contributed by atoms with E-state index in [4.69, 9.17) is 10.6 Å². The fraction of sp³-hybridized carbons (Fsp3) is 0.643. The average molecular weight is 284 g/mol. The normalized spacial score (nSPS) is 10.6. The zero-order valence-electron chi connectivity index (χ0n) is 11.6. The van der Waals surface area contributed by atoms with E-state index in [0.717, 1.165) is 17.9 Å². The van der Waals surface area contributed by atoms with Crippen molar-refractivity contribution in [3.8, 4) is 0 Å². The van der Waals surface area contributed by atoms with Gasteiger partial charge in [0.2, 0.25) is 0 Å². The van der Waals surface area contributed by atoms with Crippen LogP contribution in [0.15, 0.2) is 12.1 Å². The molecule has 1 aromatic heterocycles. The van der Waals surface area contributed by atoms with E-state index in [1.54, 1.807) is 6.07 Å². The van der Waals surface area contributed by atoms with Crippen molar-refractivity contribution in [2.45, 2.75) is 52.1 Å². The third-order valence-electron chi connectivity index (χ3n) is 2.90. The second-order valence-electron chi connectivity index (χ2n) is 4.56. The molecule has 0 saturated carbocycles. The van der Waals surface area contributed by atoms with Crippen molar-refractivity contribution < 1.29 is 9.53 Å². The highest BCUT2D eigenvalue weighted by atomic mass is 32.1. The van der Waals surface area contributed by atoms with Crippen LogP contribution < -0.4 is 11.3 Å². The van der Waals surface area contributed by atoms with Crippen molar-refractivity contribution in [3.05, 3.63) is 21.9 Å². The molecule has 0 aromatic carbocycles. The lowest BCUT2D eigenvalue weighted by molar-refractivity contribution is 0.0957. The predicted octanol–water partition coefficient (Wildman–Crippen LogP) is 3.23. The molecule has 0 aliphatic rings. The van der Waals surface area contributed by atoms with Crippen LogP contribution in [0.4, 0.5) is 0 Å². The molecule has 0 atom stereocenters. The molecule has 0 radical (unpaired) electrons. The van der Waals surface area contributed by atoms with Crippen LogP contribution in [-0.2, 0) is 11.3 Å². The Morgan fingerprint density at radius 2 is 2.00 bits per heavy atom. The number of hydrogen-bond donors (Lipinski definition) is 2. The van der Waals surface area contributed by atoms with Crippen molar-refractivity contribution in [2.75, 3.05) is 6.61 Å². The van der Waals surface area contributed by atoms with Gasteiger partial charge in [-0.2, -0.15) is 0 Å². The number of ether oxygens (including phenoxy) is 1. The summed E-state index contributed by atoms with van der Waals surface area (Å²) >= 11 is 1.42. The fourth-order valence-corrected chi connectivity index (χ4v) is 2.65. The lowest BCUT2D eigenvalue weighted by Gasteiger charge is -2.02. The third-order valence-corrected chi connectivity index (χ3v) is 3.96. The number of nitrogens with one attached hydrogen (secondary N) is 1. The smallest absolute Gasteiger partial charge is 0.275 e. The molecule has 1 rings (SSSR count). The van der Waals surface area contributed by atoms with Gasteiger partial charge in [-0.3, -0.25) is 10.2 Å². The van der Waals surface area contributed by atoms with E-state index < -0.39 is 0 Å². The molecule has 1 aromatic rings. The van der Waals surface area contributed by atoms with Gasteiger partial charge in [-0.15, -0.1) is 11.3 Å². The van der Waals surface area contributed by atoms with E-state index in [1.165, 1.54) is 43.4 Å². The Kier molecular flexibility index (Phi) is 8.45. The monoisotopic (exact) mass is 284 g/mol. The lowest BCUT2D eigenvalue weighted by atomic mass is 10.1. The van der Waals surface area contributed by atoms with Crippen LogP contribution in [0.1, 0.15) is 60.0 Å². The second kappa shape index (κ2) is 9.95. The number of amides is 1. The molecule has 5 heteroatoms. The summed E-state index contributed by atoms with van der Waals surface area (Å²) in [5.41, 5.74) is 2.13. The molecular weight excluding hydrogens is 260 g/mol. The molecule has 0 spiro atoms. The number of rotatable bonds is 10. The first-order valence-electron chi connectivity index (χ1n) is 6.95. The van der Waals surface area contributed by atoms with Crippen LogP contribution in [0.5, 0.6) is 0 Å². The molecule has 0 unspecified atom stereocenters. The number of thiophene rings is 1. The summed E-state index contributed by atoms with van der Waals surface area (Å²) in [5, 5.41) is 0. The highest BCUT2D eigenvalue weighted by Gasteiger charge is 2.07. The van der Waals surface area contributed by atoms with E-state index >= 15 is 0 Å². The average Bonchev–Trinajstić information content (AvgIpc) is 2.89. The van der Waals surface area contributed by atoms with Crippen LogP contribution in [-0.4, -0.2) is 12.5 Å². The van der Waals surface area contributed by atoms with Crippen molar-refractivity contribution >= 4 is 17.2 Å². The highest BCUT2D eigenvalue weighted by Crippen LogP contribution is 2.17. The molecule has 3 N–H and O–H groups in total. The zero-order chi connectivity index (χ0) is 13.9. The number of nitrogens with two attached hydrogens (primary N) is 1. The summed E-state index contributed by atoms with van der Waals surface area (Å²) in [7, 11) is 0. The first-order chi connectivity index (χ1) is 9.27. The van der Waals surface area contributed by atoms with Gasteiger partial charge in [0.25, 0.3) is 5.91 Å². The number of nitrogen functional groups attached to an aromatic ring is 1. The maximum absolute atomic E-state index is 11.3. The minimum atomic E-state index is -0.243. The quantitative estimate of drug-likeness (QED) is 0.300. The fourth-order valence-electron chi connectivity index (χ4n) is 1.81. The van der Waals surface area contributed by atoms with Gasteiger partial charge in [-0.25, -0.2) is 5.84 Å². The maximum atomic E-state index is 11.3. The summed E-state index contributed by atoms with van der Waals surface area (Å²) in [6.07, 6.45) is 7.61. The maximum Gasteiger partial charge on any atom is 0.275 e. The van der Waals surface area contributed by atoms with Crippen LogP contribution in [0, 0.1) is 0 Å². The Morgan fingerprint density at radius 3 is 2.74 bits per heavy atom. The molecule has 0 bridgehead atoms. The summed E-state index contributed by atoms with van der Waals surface area (Å²) in [6, 6.07) is 3.69. The number of hydrogen-bond acceptors (Lipinski definition) is 4. The van der Waals surface area contributed by atoms with Crippen LogP contribution in [0.3, 0.4) is 0 Å². The van der Waals surface area contributed by atoms with Crippen molar-refractivity contribution in [1.29, 1.82) is 0 Å². The van der Waals surface area contributed by atoms with Gasteiger partial charge in [0, 0.05) is 11.5 Å². The predicted molar refractivity (Wildman–Crippen MR) is 79.0 cm³/mol. The molecule has 0 aliphatic heterocycles.